The number of hydrogen-bond donors (Lipinski definition) is 0. The zero-order valence-electron chi connectivity index (χ0n) is 10.6. The maximum atomic E-state index is 6.00. The van der Waals surface area contributed by atoms with Gasteiger partial charge in [0.1, 0.15) is 5.75 Å². The summed E-state index contributed by atoms with van der Waals surface area (Å²) in [6.07, 6.45) is 1.31. The molecule has 0 aliphatic carbocycles. The molecule has 0 aliphatic heterocycles. The Hall–Kier alpha value is -0.473. The number of rotatable bonds is 5. The molecular weight excluding hydrogens is 236 g/mol. The van der Waals surface area contributed by atoms with Crippen molar-refractivity contribution in [2.24, 2.45) is 0 Å². The monoisotopic (exact) mass is 256 g/mol. The summed E-state index contributed by atoms with van der Waals surface area (Å²) >= 11 is 6.00. The molecule has 1 nitrogen and oxygen atoms in total. The van der Waals surface area contributed by atoms with E-state index in [9.17, 15) is 0 Å². The van der Waals surface area contributed by atoms with Gasteiger partial charge in [-0.3, -0.25) is 0 Å². The topological polar surface area (TPSA) is 9.23 Å². The highest BCUT2D eigenvalue weighted by molar-refractivity contribution is 6.94. The second-order valence-electron chi connectivity index (χ2n) is 4.88. The summed E-state index contributed by atoms with van der Waals surface area (Å²) in [6, 6.07) is 8.43. The molecule has 1 aromatic rings. The summed E-state index contributed by atoms with van der Waals surface area (Å²) in [5.74, 6) is 0.956. The van der Waals surface area contributed by atoms with Gasteiger partial charge < -0.3 is 4.74 Å². The molecule has 3 heteroatoms. The molecule has 0 spiro atoms. The minimum absolute atomic E-state index is 0.282. The van der Waals surface area contributed by atoms with Gasteiger partial charge in [0.25, 0.3) is 0 Å². The Kier molecular flexibility index (Phi) is 4.87. The molecule has 90 valence electrons. The van der Waals surface area contributed by atoms with E-state index in [0.717, 1.165) is 17.7 Å². The second kappa shape index (κ2) is 5.74. The first-order chi connectivity index (χ1) is 7.49. The predicted molar refractivity (Wildman–Crippen MR) is 74.7 cm³/mol. The fourth-order valence-electron chi connectivity index (χ4n) is 1.38. The van der Waals surface area contributed by atoms with E-state index in [-0.39, 0.29) is 6.10 Å². The van der Waals surface area contributed by atoms with Crippen LogP contribution in [0.4, 0.5) is 0 Å². The van der Waals surface area contributed by atoms with Crippen LogP contribution in [0.1, 0.15) is 20.3 Å². The molecule has 0 aromatic heterocycles. The minimum atomic E-state index is -1.41. The van der Waals surface area contributed by atoms with Gasteiger partial charge in [-0.2, -0.15) is 0 Å². The Morgan fingerprint density at radius 3 is 2.25 bits per heavy atom. The molecule has 16 heavy (non-hydrogen) atoms. The Labute approximate surface area is 105 Å². The minimum Gasteiger partial charge on any atom is -0.491 e. The molecule has 0 bridgehead atoms. The molecule has 0 fully saturated rings. The van der Waals surface area contributed by atoms with Gasteiger partial charge in [0.2, 0.25) is 0 Å². The quantitative estimate of drug-likeness (QED) is 0.578. The number of alkyl halides is 1. The van der Waals surface area contributed by atoms with Crippen molar-refractivity contribution in [2.75, 3.05) is 5.50 Å². The van der Waals surface area contributed by atoms with Crippen LogP contribution < -0.4 is 9.92 Å². The average Bonchev–Trinajstić information content (AvgIpc) is 2.29. The van der Waals surface area contributed by atoms with Crippen LogP contribution in [0.3, 0.4) is 0 Å². The van der Waals surface area contributed by atoms with E-state index in [0.29, 0.717) is 0 Å². The lowest BCUT2D eigenvalue weighted by molar-refractivity contribution is 0.217. The van der Waals surface area contributed by atoms with Crippen LogP contribution in [0.25, 0.3) is 0 Å². The molecule has 1 aromatic carbocycles. The van der Waals surface area contributed by atoms with Crippen LogP contribution in [-0.4, -0.2) is 19.7 Å². The zero-order chi connectivity index (χ0) is 12.2. The van der Waals surface area contributed by atoms with Crippen LogP contribution in [0.15, 0.2) is 24.3 Å². The fourth-order valence-corrected chi connectivity index (χ4v) is 3.06. The molecule has 1 atom stereocenters. The number of hydrogen-bond acceptors (Lipinski definition) is 1. The Morgan fingerprint density at radius 2 is 1.81 bits per heavy atom. The Bertz CT molecular complexity index is 321. The summed E-state index contributed by atoms with van der Waals surface area (Å²) < 4.78 is 5.75. The van der Waals surface area contributed by atoms with Gasteiger partial charge in [-0.1, -0.05) is 37.3 Å². The van der Waals surface area contributed by atoms with Crippen molar-refractivity contribution < 1.29 is 4.74 Å². The van der Waals surface area contributed by atoms with Crippen molar-refractivity contribution in [1.29, 1.82) is 0 Å². The average molecular weight is 257 g/mol. The lowest BCUT2D eigenvalue weighted by atomic mass is 10.3. The van der Waals surface area contributed by atoms with E-state index in [1.807, 2.05) is 0 Å². The molecule has 0 saturated heterocycles. The standard InChI is InChI=1S/C13H21ClOSi/c1-5-11(2)15-12-6-8-13(9-7-12)16(3,4)10-14/h6-9,11H,5,10H2,1-4H3. The van der Waals surface area contributed by atoms with Crippen molar-refractivity contribution in [3.8, 4) is 5.75 Å². The second-order valence-corrected chi connectivity index (χ2v) is 10.3. The van der Waals surface area contributed by atoms with Crippen molar-refractivity contribution in [2.45, 2.75) is 39.5 Å². The van der Waals surface area contributed by atoms with Gasteiger partial charge in [0.05, 0.1) is 14.2 Å². The van der Waals surface area contributed by atoms with E-state index in [4.69, 9.17) is 16.3 Å². The largest absolute Gasteiger partial charge is 0.491 e. The smallest absolute Gasteiger partial charge is 0.119 e. The molecule has 0 aliphatic rings. The van der Waals surface area contributed by atoms with E-state index in [2.05, 4.69) is 51.2 Å². The van der Waals surface area contributed by atoms with E-state index >= 15 is 0 Å². The van der Waals surface area contributed by atoms with Gasteiger partial charge in [-0.25, -0.2) is 0 Å². The van der Waals surface area contributed by atoms with Crippen molar-refractivity contribution in [3.63, 3.8) is 0 Å². The van der Waals surface area contributed by atoms with Gasteiger partial charge in [0, 0.05) is 5.50 Å². The Balaban J connectivity index is 2.75. The van der Waals surface area contributed by atoms with Crippen LogP contribution in [0, 0.1) is 0 Å². The third-order valence-corrected chi connectivity index (χ3v) is 7.45. The third-order valence-electron chi connectivity index (χ3n) is 2.88. The molecule has 0 heterocycles. The lowest BCUT2D eigenvalue weighted by Crippen LogP contribution is -2.43. The number of benzene rings is 1. The number of ether oxygens (including phenoxy) is 1. The fraction of sp³-hybridized carbons (Fsp3) is 0.538. The van der Waals surface area contributed by atoms with E-state index in [1.165, 1.54) is 5.19 Å². The van der Waals surface area contributed by atoms with Gasteiger partial charge in [-0.15, -0.1) is 11.6 Å². The first-order valence-corrected chi connectivity index (χ1v) is 9.57. The molecule has 1 unspecified atom stereocenters. The normalized spacial score (nSPS) is 13.6. The summed E-state index contributed by atoms with van der Waals surface area (Å²) in [7, 11) is -1.41. The maximum Gasteiger partial charge on any atom is 0.119 e. The van der Waals surface area contributed by atoms with Crippen molar-refractivity contribution in [1.82, 2.24) is 0 Å². The first kappa shape index (κ1) is 13.6. The molecule has 0 saturated carbocycles. The highest BCUT2D eigenvalue weighted by atomic mass is 35.5. The van der Waals surface area contributed by atoms with E-state index < -0.39 is 8.07 Å². The van der Waals surface area contributed by atoms with Gasteiger partial charge in [0.15, 0.2) is 0 Å². The summed E-state index contributed by atoms with van der Waals surface area (Å²) in [4.78, 5) is 0. The lowest BCUT2D eigenvalue weighted by Gasteiger charge is -2.20. The highest BCUT2D eigenvalue weighted by Gasteiger charge is 2.21. The van der Waals surface area contributed by atoms with Crippen LogP contribution in [-0.2, 0) is 0 Å². The summed E-state index contributed by atoms with van der Waals surface area (Å²) in [5.41, 5.74) is 0.762. The van der Waals surface area contributed by atoms with Crippen LogP contribution in [0.2, 0.25) is 13.1 Å². The first-order valence-electron chi connectivity index (χ1n) is 5.82. The number of halogens is 1. The Morgan fingerprint density at radius 1 is 1.25 bits per heavy atom. The van der Waals surface area contributed by atoms with Gasteiger partial charge in [-0.05, 0) is 25.5 Å². The SMILES string of the molecule is CCC(C)Oc1ccc([Si](C)(C)CCl)cc1. The van der Waals surface area contributed by atoms with E-state index in [1.54, 1.807) is 0 Å². The van der Waals surface area contributed by atoms with Crippen molar-refractivity contribution in [3.05, 3.63) is 24.3 Å². The highest BCUT2D eigenvalue weighted by Crippen LogP contribution is 2.14. The molecular formula is C13H21ClOSi. The van der Waals surface area contributed by atoms with Crippen LogP contribution in [0.5, 0.6) is 5.75 Å². The predicted octanol–water partition coefficient (Wildman–Crippen LogP) is 3.56. The molecule has 0 radical (unpaired) electrons. The summed E-state index contributed by atoms with van der Waals surface area (Å²) in [6.45, 7) is 8.78. The molecule has 1 rings (SSSR count). The van der Waals surface area contributed by atoms with Gasteiger partial charge >= 0.3 is 0 Å². The maximum absolute atomic E-state index is 6.00. The molecule has 0 N–H and O–H groups in total. The van der Waals surface area contributed by atoms with Crippen LogP contribution >= 0.6 is 11.6 Å². The van der Waals surface area contributed by atoms with Crippen molar-refractivity contribution >= 4 is 24.9 Å². The molecule has 0 amide bonds. The zero-order valence-corrected chi connectivity index (χ0v) is 12.3. The third kappa shape index (κ3) is 3.53. The summed E-state index contributed by atoms with van der Waals surface area (Å²) in [5, 5.41) is 1.39.